The average molecular weight is 433 g/mol. The normalized spacial score (nSPS) is 15.2. The molecular formula is C22H29ClN4O3. The smallest absolute Gasteiger partial charge is 0.410 e. The van der Waals surface area contributed by atoms with Crippen molar-refractivity contribution < 1.29 is 14.3 Å². The minimum absolute atomic E-state index is 0.00964. The van der Waals surface area contributed by atoms with Crippen molar-refractivity contribution in [1.29, 1.82) is 0 Å². The van der Waals surface area contributed by atoms with Gasteiger partial charge in [0.1, 0.15) is 5.60 Å². The zero-order valence-corrected chi connectivity index (χ0v) is 18.7. The van der Waals surface area contributed by atoms with Crippen LogP contribution in [0.25, 0.3) is 5.69 Å². The van der Waals surface area contributed by atoms with Crippen molar-refractivity contribution in [2.75, 3.05) is 13.1 Å². The SMILES string of the molecule is CCc1c(C(=O)NC2CCN(C(=O)OC(C)(C)C)CC2)cnn1-c1cccc(Cl)c1. The van der Waals surface area contributed by atoms with E-state index < -0.39 is 5.60 Å². The van der Waals surface area contributed by atoms with Crippen LogP contribution in [-0.4, -0.2) is 51.4 Å². The Bertz CT molecular complexity index is 911. The fourth-order valence-corrected chi connectivity index (χ4v) is 3.71. The van der Waals surface area contributed by atoms with Gasteiger partial charge in [0.15, 0.2) is 0 Å². The molecule has 0 bridgehead atoms. The minimum Gasteiger partial charge on any atom is -0.444 e. The molecule has 8 heteroatoms. The van der Waals surface area contributed by atoms with Crippen molar-refractivity contribution in [2.45, 2.75) is 58.6 Å². The van der Waals surface area contributed by atoms with Gasteiger partial charge in [-0.1, -0.05) is 24.6 Å². The third kappa shape index (κ3) is 5.33. The van der Waals surface area contributed by atoms with E-state index in [-0.39, 0.29) is 18.0 Å². The maximum Gasteiger partial charge on any atom is 0.410 e. The summed E-state index contributed by atoms with van der Waals surface area (Å²) in [4.78, 5) is 26.8. The van der Waals surface area contributed by atoms with E-state index in [0.29, 0.717) is 42.9 Å². The lowest BCUT2D eigenvalue weighted by atomic mass is 10.0. The van der Waals surface area contributed by atoms with E-state index in [9.17, 15) is 9.59 Å². The lowest BCUT2D eigenvalue weighted by Gasteiger charge is -2.33. The number of nitrogens with zero attached hydrogens (tertiary/aromatic N) is 3. The molecule has 2 aromatic rings. The number of nitrogens with one attached hydrogen (secondary N) is 1. The Hall–Kier alpha value is -2.54. The van der Waals surface area contributed by atoms with E-state index in [2.05, 4.69) is 10.4 Å². The van der Waals surface area contributed by atoms with Crippen LogP contribution in [0.15, 0.2) is 30.5 Å². The molecule has 1 saturated heterocycles. The molecule has 0 aliphatic carbocycles. The Morgan fingerprint density at radius 1 is 1.27 bits per heavy atom. The van der Waals surface area contributed by atoms with Crippen LogP contribution in [0.1, 0.15) is 56.6 Å². The number of rotatable bonds is 4. The summed E-state index contributed by atoms with van der Waals surface area (Å²) < 4.78 is 7.18. The number of piperidine rings is 1. The molecule has 0 radical (unpaired) electrons. The molecule has 30 heavy (non-hydrogen) atoms. The van der Waals surface area contributed by atoms with Crippen molar-refractivity contribution in [2.24, 2.45) is 0 Å². The van der Waals surface area contributed by atoms with Gasteiger partial charge >= 0.3 is 6.09 Å². The molecule has 0 spiro atoms. The summed E-state index contributed by atoms with van der Waals surface area (Å²) in [6, 6.07) is 7.40. The zero-order chi connectivity index (χ0) is 21.9. The van der Waals surface area contributed by atoms with Crippen molar-refractivity contribution in [3.63, 3.8) is 0 Å². The number of likely N-dealkylation sites (tertiary alicyclic amines) is 1. The molecule has 2 heterocycles. The second-order valence-electron chi connectivity index (χ2n) is 8.47. The van der Waals surface area contributed by atoms with Gasteiger partial charge in [0, 0.05) is 24.2 Å². The molecule has 0 atom stereocenters. The second kappa shape index (κ2) is 9.08. The molecule has 2 amide bonds. The van der Waals surface area contributed by atoms with Crippen LogP contribution in [0.3, 0.4) is 0 Å². The molecule has 7 nitrogen and oxygen atoms in total. The van der Waals surface area contributed by atoms with Crippen LogP contribution >= 0.6 is 11.6 Å². The maximum absolute atomic E-state index is 12.9. The molecule has 3 rings (SSSR count). The predicted octanol–water partition coefficient (Wildman–Crippen LogP) is 4.22. The number of benzene rings is 1. The van der Waals surface area contributed by atoms with Crippen LogP contribution in [-0.2, 0) is 11.2 Å². The number of hydrogen-bond acceptors (Lipinski definition) is 4. The first kappa shape index (κ1) is 22.2. The number of carbonyl (C=O) groups excluding carboxylic acids is 2. The largest absolute Gasteiger partial charge is 0.444 e. The summed E-state index contributed by atoms with van der Waals surface area (Å²) in [5.41, 5.74) is 1.71. The number of carbonyl (C=O) groups is 2. The highest BCUT2D eigenvalue weighted by Crippen LogP contribution is 2.20. The van der Waals surface area contributed by atoms with Gasteiger partial charge in [-0.15, -0.1) is 0 Å². The fourth-order valence-electron chi connectivity index (χ4n) is 3.53. The molecule has 0 saturated carbocycles. The third-order valence-corrected chi connectivity index (χ3v) is 5.22. The van der Waals surface area contributed by atoms with Gasteiger partial charge < -0.3 is 15.0 Å². The van der Waals surface area contributed by atoms with E-state index in [1.165, 1.54) is 0 Å². The minimum atomic E-state index is -0.512. The molecule has 162 valence electrons. The molecule has 1 aromatic heterocycles. The van der Waals surface area contributed by atoms with Crippen molar-refractivity contribution in [3.8, 4) is 5.69 Å². The monoisotopic (exact) mass is 432 g/mol. The van der Waals surface area contributed by atoms with Gasteiger partial charge in [0.2, 0.25) is 0 Å². The number of hydrogen-bond donors (Lipinski definition) is 1. The van der Waals surface area contributed by atoms with Crippen molar-refractivity contribution in [1.82, 2.24) is 20.0 Å². The van der Waals surface area contributed by atoms with Gasteiger partial charge in [-0.05, 0) is 58.2 Å². The van der Waals surface area contributed by atoms with Crippen LogP contribution in [0, 0.1) is 0 Å². The predicted molar refractivity (Wildman–Crippen MR) is 116 cm³/mol. The summed E-state index contributed by atoms with van der Waals surface area (Å²) >= 11 is 6.10. The lowest BCUT2D eigenvalue weighted by Crippen LogP contribution is -2.47. The second-order valence-corrected chi connectivity index (χ2v) is 8.90. The number of ether oxygens (including phenoxy) is 1. The van der Waals surface area contributed by atoms with Gasteiger partial charge in [-0.25, -0.2) is 9.48 Å². The summed E-state index contributed by atoms with van der Waals surface area (Å²) in [6.07, 6.45) is 3.34. The highest BCUT2D eigenvalue weighted by Gasteiger charge is 2.28. The van der Waals surface area contributed by atoms with E-state index in [1.54, 1.807) is 21.8 Å². The summed E-state index contributed by atoms with van der Waals surface area (Å²) in [5.74, 6) is -0.143. The average Bonchev–Trinajstić information content (AvgIpc) is 3.11. The molecule has 1 aromatic carbocycles. The van der Waals surface area contributed by atoms with Crippen molar-refractivity contribution >= 4 is 23.6 Å². The Kier molecular flexibility index (Phi) is 6.71. The van der Waals surface area contributed by atoms with E-state index in [4.69, 9.17) is 16.3 Å². The van der Waals surface area contributed by atoms with E-state index >= 15 is 0 Å². The first-order valence-corrected chi connectivity index (χ1v) is 10.7. The molecule has 1 aliphatic heterocycles. The summed E-state index contributed by atoms with van der Waals surface area (Å²) in [6.45, 7) is 8.67. The van der Waals surface area contributed by atoms with Gasteiger partial charge in [0.05, 0.1) is 23.1 Å². The Balaban J connectivity index is 1.63. The fraction of sp³-hybridized carbons (Fsp3) is 0.500. The molecular weight excluding hydrogens is 404 g/mol. The highest BCUT2D eigenvalue weighted by molar-refractivity contribution is 6.30. The van der Waals surface area contributed by atoms with E-state index in [0.717, 1.165) is 11.4 Å². The first-order chi connectivity index (χ1) is 14.2. The summed E-state index contributed by atoms with van der Waals surface area (Å²) in [5, 5.41) is 8.12. The van der Waals surface area contributed by atoms with Crippen LogP contribution in [0.2, 0.25) is 5.02 Å². The number of halogens is 1. The standard InChI is InChI=1S/C22H29ClN4O3/c1-5-19-18(14-24-27(19)17-8-6-7-15(23)13-17)20(28)25-16-9-11-26(12-10-16)21(29)30-22(2,3)4/h6-8,13-14,16H,5,9-12H2,1-4H3,(H,25,28). The van der Waals surface area contributed by atoms with Gasteiger partial charge in [-0.2, -0.15) is 5.10 Å². The maximum atomic E-state index is 12.9. The van der Waals surface area contributed by atoms with Crippen LogP contribution in [0.4, 0.5) is 4.79 Å². The third-order valence-electron chi connectivity index (χ3n) is 4.98. The molecule has 0 unspecified atom stereocenters. The topological polar surface area (TPSA) is 76.5 Å². The Morgan fingerprint density at radius 3 is 2.57 bits per heavy atom. The van der Waals surface area contributed by atoms with Crippen molar-refractivity contribution in [3.05, 3.63) is 46.7 Å². The lowest BCUT2D eigenvalue weighted by molar-refractivity contribution is 0.0199. The Labute approximate surface area is 182 Å². The van der Waals surface area contributed by atoms with E-state index in [1.807, 2.05) is 45.9 Å². The summed E-state index contributed by atoms with van der Waals surface area (Å²) in [7, 11) is 0. The quantitative estimate of drug-likeness (QED) is 0.784. The van der Waals surface area contributed by atoms with Gasteiger partial charge in [-0.3, -0.25) is 4.79 Å². The highest BCUT2D eigenvalue weighted by atomic mass is 35.5. The molecule has 1 N–H and O–H groups in total. The molecule has 1 aliphatic rings. The van der Waals surface area contributed by atoms with Crippen LogP contribution in [0.5, 0.6) is 0 Å². The van der Waals surface area contributed by atoms with Crippen LogP contribution < -0.4 is 5.32 Å². The molecule has 1 fully saturated rings. The van der Waals surface area contributed by atoms with Gasteiger partial charge in [0.25, 0.3) is 5.91 Å². The first-order valence-electron chi connectivity index (χ1n) is 10.3. The number of aromatic nitrogens is 2. The Morgan fingerprint density at radius 2 is 1.97 bits per heavy atom. The number of amides is 2. The zero-order valence-electron chi connectivity index (χ0n) is 17.9.